The van der Waals surface area contributed by atoms with Crippen LogP contribution in [0.15, 0.2) is 46.9 Å². The number of carbonyl (C=O) groups is 2. The molecule has 0 aliphatic rings. The summed E-state index contributed by atoms with van der Waals surface area (Å²) in [6.07, 6.45) is 0. The van der Waals surface area contributed by atoms with Gasteiger partial charge in [-0.25, -0.2) is 0 Å². The normalized spacial score (nSPS) is 12.4. The van der Waals surface area contributed by atoms with Crippen LogP contribution < -0.4 is 5.32 Å². The highest BCUT2D eigenvalue weighted by atomic mass is 79.9. The molecule has 2 aromatic rings. The lowest BCUT2D eigenvalue weighted by atomic mass is 10.1. The third kappa shape index (κ3) is 8.68. The molecular formula is C23H27BrCl2N2O2S. The van der Waals surface area contributed by atoms with Crippen LogP contribution in [0.5, 0.6) is 0 Å². The van der Waals surface area contributed by atoms with Gasteiger partial charge in [-0.05, 0) is 63.1 Å². The van der Waals surface area contributed by atoms with Crippen molar-refractivity contribution in [2.45, 2.75) is 51.6 Å². The van der Waals surface area contributed by atoms with Crippen LogP contribution in [-0.4, -0.2) is 34.0 Å². The van der Waals surface area contributed by atoms with E-state index in [4.69, 9.17) is 23.2 Å². The lowest BCUT2D eigenvalue weighted by Gasteiger charge is -2.31. The van der Waals surface area contributed by atoms with Gasteiger partial charge < -0.3 is 10.2 Å². The molecular weight excluding hydrogens is 519 g/mol. The maximum Gasteiger partial charge on any atom is 0.242 e. The van der Waals surface area contributed by atoms with Gasteiger partial charge in [0.25, 0.3) is 0 Å². The number of benzene rings is 2. The molecule has 0 radical (unpaired) electrons. The van der Waals surface area contributed by atoms with Gasteiger partial charge in [0.2, 0.25) is 11.8 Å². The van der Waals surface area contributed by atoms with Crippen LogP contribution in [0.1, 0.15) is 38.8 Å². The average Bonchev–Trinajstić information content (AvgIpc) is 2.66. The summed E-state index contributed by atoms with van der Waals surface area (Å²) >= 11 is 17.1. The highest BCUT2D eigenvalue weighted by molar-refractivity contribution is 9.10. The second-order valence-corrected chi connectivity index (χ2v) is 11.0. The van der Waals surface area contributed by atoms with Crippen molar-refractivity contribution in [2.75, 3.05) is 5.75 Å². The minimum Gasteiger partial charge on any atom is -0.350 e. The Hall–Kier alpha value is -1.21. The molecule has 0 spiro atoms. The zero-order valence-electron chi connectivity index (χ0n) is 18.0. The van der Waals surface area contributed by atoms with Crippen molar-refractivity contribution in [3.05, 3.63) is 68.1 Å². The summed E-state index contributed by atoms with van der Waals surface area (Å²) in [5, 5.41) is 4.12. The number of amides is 2. The second kappa shape index (κ2) is 11.6. The zero-order chi connectivity index (χ0) is 23.2. The van der Waals surface area contributed by atoms with Crippen molar-refractivity contribution in [3.8, 4) is 0 Å². The molecule has 4 nitrogen and oxygen atoms in total. The molecule has 8 heteroatoms. The number of thioether (sulfide) groups is 1. The molecule has 0 bridgehead atoms. The van der Waals surface area contributed by atoms with Crippen LogP contribution in [0.4, 0.5) is 0 Å². The molecule has 168 valence electrons. The van der Waals surface area contributed by atoms with E-state index in [9.17, 15) is 9.59 Å². The van der Waals surface area contributed by atoms with E-state index in [0.29, 0.717) is 22.3 Å². The Labute approximate surface area is 207 Å². The molecule has 0 aliphatic carbocycles. The Morgan fingerprint density at radius 3 is 2.48 bits per heavy atom. The molecule has 0 unspecified atom stereocenters. The Balaban J connectivity index is 2.11. The lowest BCUT2D eigenvalue weighted by Crippen LogP contribution is -2.52. The quantitative estimate of drug-likeness (QED) is 0.422. The second-order valence-electron chi connectivity index (χ2n) is 8.30. The van der Waals surface area contributed by atoms with Gasteiger partial charge in [-0.2, -0.15) is 0 Å². The van der Waals surface area contributed by atoms with E-state index in [-0.39, 0.29) is 23.1 Å². The van der Waals surface area contributed by atoms with Crippen molar-refractivity contribution in [1.29, 1.82) is 0 Å². The Morgan fingerprint density at radius 1 is 1.16 bits per heavy atom. The van der Waals surface area contributed by atoms with Crippen molar-refractivity contribution >= 4 is 62.7 Å². The van der Waals surface area contributed by atoms with Gasteiger partial charge >= 0.3 is 0 Å². The summed E-state index contributed by atoms with van der Waals surface area (Å²) in [4.78, 5) is 27.5. The fourth-order valence-electron chi connectivity index (χ4n) is 2.86. The predicted molar refractivity (Wildman–Crippen MR) is 135 cm³/mol. The van der Waals surface area contributed by atoms with E-state index < -0.39 is 6.04 Å². The van der Waals surface area contributed by atoms with Gasteiger partial charge in [0.05, 0.1) is 5.75 Å². The summed E-state index contributed by atoms with van der Waals surface area (Å²) in [6.45, 7) is 7.87. The van der Waals surface area contributed by atoms with Crippen LogP contribution in [0, 0.1) is 0 Å². The standard InChI is InChI=1S/C23H27BrCl2N2O2S/c1-15(22(30)27-23(2,3)4)28(12-16-6-5-7-18(24)10-16)21(29)14-31-13-17-8-9-19(25)11-20(17)26/h5-11,15H,12-14H2,1-4H3,(H,27,30)/t15-/m1/s1. The maximum absolute atomic E-state index is 13.1. The van der Waals surface area contributed by atoms with E-state index in [1.54, 1.807) is 24.0 Å². The third-order valence-corrected chi connectivity index (χ3v) is 6.45. The Kier molecular flexibility index (Phi) is 9.74. The van der Waals surface area contributed by atoms with Crippen LogP contribution in [0.2, 0.25) is 10.0 Å². The molecule has 2 rings (SSSR count). The van der Waals surface area contributed by atoms with Crippen LogP contribution >= 0.6 is 50.9 Å². The van der Waals surface area contributed by atoms with Crippen LogP contribution in [-0.2, 0) is 21.9 Å². The van der Waals surface area contributed by atoms with Crippen LogP contribution in [0.25, 0.3) is 0 Å². The third-order valence-electron chi connectivity index (χ3n) is 4.41. The van der Waals surface area contributed by atoms with Gasteiger partial charge in [-0.1, -0.05) is 57.3 Å². The zero-order valence-corrected chi connectivity index (χ0v) is 22.0. The number of hydrogen-bond donors (Lipinski definition) is 1. The first-order chi connectivity index (χ1) is 14.5. The molecule has 2 aromatic carbocycles. The summed E-state index contributed by atoms with van der Waals surface area (Å²) < 4.78 is 0.927. The summed E-state index contributed by atoms with van der Waals surface area (Å²) in [5.41, 5.74) is 1.49. The summed E-state index contributed by atoms with van der Waals surface area (Å²) in [7, 11) is 0. The average molecular weight is 546 g/mol. The highest BCUT2D eigenvalue weighted by Gasteiger charge is 2.28. The van der Waals surface area contributed by atoms with Gasteiger partial charge in [0.15, 0.2) is 0 Å². The largest absolute Gasteiger partial charge is 0.350 e. The molecule has 0 heterocycles. The number of nitrogens with one attached hydrogen (secondary N) is 1. The number of hydrogen-bond acceptors (Lipinski definition) is 3. The van der Waals surface area contributed by atoms with E-state index in [1.807, 2.05) is 51.1 Å². The maximum atomic E-state index is 13.1. The van der Waals surface area contributed by atoms with Crippen molar-refractivity contribution < 1.29 is 9.59 Å². The molecule has 1 N–H and O–H groups in total. The van der Waals surface area contributed by atoms with Crippen molar-refractivity contribution in [1.82, 2.24) is 10.2 Å². The molecule has 31 heavy (non-hydrogen) atoms. The van der Waals surface area contributed by atoms with E-state index in [1.165, 1.54) is 11.8 Å². The summed E-state index contributed by atoms with van der Waals surface area (Å²) in [6, 6.07) is 12.5. The molecule has 0 fully saturated rings. The minimum atomic E-state index is -0.606. The highest BCUT2D eigenvalue weighted by Crippen LogP contribution is 2.25. The minimum absolute atomic E-state index is 0.105. The fraction of sp³-hybridized carbons (Fsp3) is 0.391. The SMILES string of the molecule is C[C@H](C(=O)NC(C)(C)C)N(Cc1cccc(Br)c1)C(=O)CSCc1ccc(Cl)cc1Cl. The Morgan fingerprint density at radius 2 is 1.87 bits per heavy atom. The molecule has 0 aromatic heterocycles. The number of carbonyl (C=O) groups excluding carboxylic acids is 2. The number of nitrogens with zero attached hydrogens (tertiary/aromatic N) is 1. The van der Waals surface area contributed by atoms with Gasteiger partial charge in [0, 0.05) is 32.4 Å². The number of halogens is 3. The topological polar surface area (TPSA) is 49.4 Å². The van der Waals surface area contributed by atoms with E-state index in [2.05, 4.69) is 21.2 Å². The van der Waals surface area contributed by atoms with Gasteiger partial charge in [0.1, 0.15) is 6.04 Å². The van der Waals surface area contributed by atoms with Crippen molar-refractivity contribution in [2.24, 2.45) is 0 Å². The van der Waals surface area contributed by atoms with Gasteiger partial charge in [-0.15, -0.1) is 11.8 Å². The predicted octanol–water partition coefficient (Wildman–Crippen LogP) is 6.32. The molecule has 2 amide bonds. The first kappa shape index (κ1) is 26.0. The monoisotopic (exact) mass is 544 g/mol. The van der Waals surface area contributed by atoms with E-state index in [0.717, 1.165) is 15.6 Å². The summed E-state index contributed by atoms with van der Waals surface area (Å²) in [5.74, 6) is 0.531. The van der Waals surface area contributed by atoms with Crippen molar-refractivity contribution in [3.63, 3.8) is 0 Å². The molecule has 0 saturated carbocycles. The molecule has 0 aliphatic heterocycles. The Bertz CT molecular complexity index is 934. The fourth-order valence-corrected chi connectivity index (χ4v) is 4.77. The lowest BCUT2D eigenvalue weighted by molar-refractivity contribution is -0.139. The van der Waals surface area contributed by atoms with Gasteiger partial charge in [-0.3, -0.25) is 9.59 Å². The first-order valence-electron chi connectivity index (χ1n) is 9.84. The smallest absolute Gasteiger partial charge is 0.242 e. The molecule has 1 atom stereocenters. The number of rotatable bonds is 8. The first-order valence-corrected chi connectivity index (χ1v) is 12.5. The molecule has 0 saturated heterocycles. The van der Waals surface area contributed by atoms with Crippen LogP contribution in [0.3, 0.4) is 0 Å². The van der Waals surface area contributed by atoms with E-state index >= 15 is 0 Å².